The number of hydrogen-bond acceptors (Lipinski definition) is 4. The van der Waals surface area contributed by atoms with Gasteiger partial charge in [0.15, 0.2) is 0 Å². The van der Waals surface area contributed by atoms with E-state index < -0.39 is 0 Å². The van der Waals surface area contributed by atoms with Crippen molar-refractivity contribution in [3.05, 3.63) is 97.5 Å². The zero-order valence-corrected chi connectivity index (χ0v) is 20.7. The third-order valence-electron chi connectivity index (χ3n) is 6.32. The quantitative estimate of drug-likeness (QED) is 0.203. The summed E-state index contributed by atoms with van der Waals surface area (Å²) < 4.78 is 1.03. The van der Waals surface area contributed by atoms with E-state index in [2.05, 4.69) is 33.4 Å². The Morgan fingerprint density at radius 3 is 2.69 bits per heavy atom. The topological polar surface area (TPSA) is 55.2 Å². The van der Waals surface area contributed by atoms with Crippen molar-refractivity contribution < 1.29 is 4.92 Å². The number of thioether (sulfide) groups is 1. The number of para-hydroxylation sites is 1. The van der Waals surface area contributed by atoms with Crippen molar-refractivity contribution in [2.24, 2.45) is 5.92 Å². The number of nitro groups is 1. The molecule has 8 heteroatoms. The van der Waals surface area contributed by atoms with Crippen LogP contribution >= 0.6 is 50.9 Å². The zero-order valence-electron chi connectivity index (χ0n) is 16.8. The molecule has 1 aliphatic heterocycles. The molecule has 0 saturated heterocycles. The summed E-state index contributed by atoms with van der Waals surface area (Å²) in [5, 5.41) is 15.8. The second-order valence-corrected chi connectivity index (χ2v) is 11.3. The molecular formula is C24H19BrCl2N2O2S. The molecule has 1 heterocycles. The van der Waals surface area contributed by atoms with Crippen LogP contribution in [0.15, 0.2) is 76.1 Å². The molecule has 2 aliphatic rings. The third kappa shape index (κ3) is 4.03. The number of rotatable bonds is 4. The van der Waals surface area contributed by atoms with E-state index >= 15 is 0 Å². The number of fused-ring (bicyclic) bond motifs is 3. The normalized spacial score (nSPS) is 26.2. The summed E-state index contributed by atoms with van der Waals surface area (Å²) >= 11 is 18.6. The highest BCUT2D eigenvalue weighted by Gasteiger charge is 2.50. The minimum Gasteiger partial charge on any atom is -0.378 e. The molecule has 0 aromatic heterocycles. The highest BCUT2D eigenvalue weighted by molar-refractivity contribution is 9.10. The van der Waals surface area contributed by atoms with Crippen LogP contribution in [0.1, 0.15) is 29.5 Å². The summed E-state index contributed by atoms with van der Waals surface area (Å²) in [5.74, 6) is 0.328. The lowest BCUT2D eigenvalue weighted by Gasteiger charge is -2.38. The number of anilines is 1. The van der Waals surface area contributed by atoms with Gasteiger partial charge in [-0.25, -0.2) is 0 Å². The van der Waals surface area contributed by atoms with Gasteiger partial charge in [-0.3, -0.25) is 10.1 Å². The standard InChI is InChI=1S/C24H19BrCl2N2O2S/c25-14-5-3-4-13(10-14)24-17-12-21(32-20-7-2-1-6-19(20)29(30)31)23(27)22(17)16-11-15(26)8-9-18(16)28-24/h1-11,17,21-24,28H,12H2/t17-,21+,22+,23-,24-/m0/s1. The molecule has 1 aliphatic carbocycles. The summed E-state index contributed by atoms with van der Waals surface area (Å²) in [4.78, 5) is 11.9. The number of nitrogens with one attached hydrogen (secondary N) is 1. The summed E-state index contributed by atoms with van der Waals surface area (Å²) in [6, 6.07) is 21.2. The molecule has 0 amide bonds. The van der Waals surface area contributed by atoms with E-state index in [1.807, 2.05) is 42.5 Å². The Bertz CT molecular complexity index is 1190. The van der Waals surface area contributed by atoms with Gasteiger partial charge in [-0.05, 0) is 59.9 Å². The highest BCUT2D eigenvalue weighted by atomic mass is 79.9. The lowest BCUT2D eigenvalue weighted by Crippen LogP contribution is -2.31. The van der Waals surface area contributed by atoms with Gasteiger partial charge in [-0.1, -0.05) is 51.8 Å². The average Bonchev–Trinajstić information content (AvgIpc) is 3.10. The fourth-order valence-electron chi connectivity index (χ4n) is 4.99. The van der Waals surface area contributed by atoms with Crippen LogP contribution in [0.3, 0.4) is 0 Å². The SMILES string of the molecule is O=[N+]([O-])c1ccccc1S[C@@H]1C[C@H]2[C@@H](c3cc(Cl)ccc3N[C@H]2c2cccc(Br)c2)[C@H]1Cl. The van der Waals surface area contributed by atoms with E-state index in [0.717, 1.165) is 22.1 Å². The fraction of sp³-hybridized carbons (Fsp3) is 0.250. The smallest absolute Gasteiger partial charge is 0.282 e. The molecule has 4 nitrogen and oxygen atoms in total. The van der Waals surface area contributed by atoms with E-state index in [-0.39, 0.29) is 39.1 Å². The lowest BCUT2D eigenvalue weighted by atomic mass is 9.77. The summed E-state index contributed by atoms with van der Waals surface area (Å²) in [6.07, 6.45) is 0.839. The van der Waals surface area contributed by atoms with Gasteiger partial charge in [-0.2, -0.15) is 0 Å². The molecule has 5 atom stereocenters. The second-order valence-electron chi connectivity index (χ2n) is 8.16. The average molecular weight is 550 g/mol. The highest BCUT2D eigenvalue weighted by Crippen LogP contribution is 2.58. The zero-order chi connectivity index (χ0) is 22.4. The first-order chi connectivity index (χ1) is 15.4. The second kappa shape index (κ2) is 8.90. The van der Waals surface area contributed by atoms with E-state index in [4.69, 9.17) is 23.2 Å². The molecule has 1 fully saturated rings. The largest absolute Gasteiger partial charge is 0.378 e. The van der Waals surface area contributed by atoms with Crippen LogP contribution in [0.2, 0.25) is 5.02 Å². The number of hydrogen-bond donors (Lipinski definition) is 1. The Kier molecular flexibility index (Phi) is 6.14. The Hall–Kier alpha value is -1.73. The minimum atomic E-state index is -0.325. The van der Waals surface area contributed by atoms with Gasteiger partial charge < -0.3 is 5.32 Å². The Morgan fingerprint density at radius 1 is 1.09 bits per heavy atom. The molecule has 164 valence electrons. The molecule has 3 aromatic rings. The van der Waals surface area contributed by atoms with Crippen molar-refractivity contribution in [1.82, 2.24) is 0 Å². The van der Waals surface area contributed by atoms with Crippen molar-refractivity contribution >= 4 is 62.3 Å². The third-order valence-corrected chi connectivity index (χ3v) is 9.16. The van der Waals surface area contributed by atoms with Gasteiger partial charge >= 0.3 is 0 Å². The van der Waals surface area contributed by atoms with Crippen molar-refractivity contribution in [2.45, 2.75) is 33.9 Å². The monoisotopic (exact) mass is 548 g/mol. The first-order valence-electron chi connectivity index (χ1n) is 10.3. The van der Waals surface area contributed by atoms with Crippen LogP contribution < -0.4 is 5.32 Å². The van der Waals surface area contributed by atoms with Crippen LogP contribution in [-0.4, -0.2) is 15.6 Å². The van der Waals surface area contributed by atoms with Crippen LogP contribution in [0.25, 0.3) is 0 Å². The van der Waals surface area contributed by atoms with Gasteiger partial charge in [0.2, 0.25) is 0 Å². The Labute approximate surface area is 209 Å². The lowest BCUT2D eigenvalue weighted by molar-refractivity contribution is -0.387. The molecule has 0 bridgehead atoms. The molecule has 5 rings (SSSR count). The van der Waals surface area contributed by atoms with Crippen molar-refractivity contribution in [2.75, 3.05) is 5.32 Å². The molecule has 0 spiro atoms. The minimum absolute atomic E-state index is 0.0363. The number of alkyl halides is 1. The first-order valence-corrected chi connectivity index (χ1v) is 12.8. The number of halogens is 3. The van der Waals surface area contributed by atoms with Crippen molar-refractivity contribution in [3.8, 4) is 0 Å². The van der Waals surface area contributed by atoms with Crippen LogP contribution in [0.5, 0.6) is 0 Å². The molecule has 1 saturated carbocycles. The maximum absolute atomic E-state index is 11.5. The predicted octanol–water partition coefficient (Wildman–Crippen LogP) is 8.05. The summed E-state index contributed by atoms with van der Waals surface area (Å²) in [7, 11) is 0. The molecule has 32 heavy (non-hydrogen) atoms. The van der Waals surface area contributed by atoms with E-state index in [1.54, 1.807) is 12.1 Å². The van der Waals surface area contributed by atoms with Gasteiger partial charge in [0, 0.05) is 32.4 Å². The van der Waals surface area contributed by atoms with Crippen LogP contribution in [0.4, 0.5) is 11.4 Å². The summed E-state index contributed by atoms with van der Waals surface area (Å²) in [6.45, 7) is 0. The molecule has 0 unspecified atom stereocenters. The van der Waals surface area contributed by atoms with Gasteiger partial charge in [-0.15, -0.1) is 23.4 Å². The number of nitrogens with zero attached hydrogens (tertiary/aromatic N) is 1. The molecule has 3 aromatic carbocycles. The van der Waals surface area contributed by atoms with E-state index in [1.165, 1.54) is 17.3 Å². The van der Waals surface area contributed by atoms with Crippen molar-refractivity contribution in [3.63, 3.8) is 0 Å². The van der Waals surface area contributed by atoms with E-state index in [9.17, 15) is 10.1 Å². The van der Waals surface area contributed by atoms with Crippen LogP contribution in [0, 0.1) is 16.0 Å². The predicted molar refractivity (Wildman–Crippen MR) is 135 cm³/mol. The molecule has 1 N–H and O–H groups in total. The van der Waals surface area contributed by atoms with Gasteiger partial charge in [0.05, 0.1) is 21.2 Å². The first kappa shape index (κ1) is 22.1. The van der Waals surface area contributed by atoms with Gasteiger partial charge in [0.25, 0.3) is 5.69 Å². The van der Waals surface area contributed by atoms with E-state index in [0.29, 0.717) is 9.92 Å². The number of benzene rings is 3. The summed E-state index contributed by atoms with van der Waals surface area (Å²) in [5.41, 5.74) is 3.48. The molecular weight excluding hydrogens is 531 g/mol. The fourth-order valence-corrected chi connectivity index (χ4v) is 7.53. The number of nitro benzene ring substituents is 1. The van der Waals surface area contributed by atoms with Gasteiger partial charge in [0.1, 0.15) is 0 Å². The molecule has 0 radical (unpaired) electrons. The Balaban J connectivity index is 1.54. The van der Waals surface area contributed by atoms with Crippen molar-refractivity contribution in [1.29, 1.82) is 0 Å². The van der Waals surface area contributed by atoms with Crippen LogP contribution in [-0.2, 0) is 0 Å². The Morgan fingerprint density at radius 2 is 1.91 bits per heavy atom. The maximum Gasteiger partial charge on any atom is 0.282 e. The maximum atomic E-state index is 11.5.